The Kier molecular flexibility index (Phi) is 11.0. The first-order valence-electron chi connectivity index (χ1n) is 13.1. The van der Waals surface area contributed by atoms with Crippen LogP contribution in [-0.4, -0.2) is 42.8 Å². The number of nitrogens with one attached hydrogen (secondary N) is 2. The van der Waals surface area contributed by atoms with Crippen LogP contribution in [0.3, 0.4) is 0 Å². The van der Waals surface area contributed by atoms with Gasteiger partial charge in [0, 0.05) is 18.8 Å². The fourth-order valence-corrected chi connectivity index (χ4v) is 4.51. The third kappa shape index (κ3) is 8.92. The SMILES string of the molecule is COC(=O)C(=O)[C@H](Cc1ccccc1)NC(=O)[C@H](CC(C)C)NC(=O)CC(c1ccccc1)c1ccccc1. The number of hydrogen-bond acceptors (Lipinski definition) is 5. The molecule has 0 aromatic heterocycles. The average Bonchev–Trinajstić information content (AvgIpc) is 2.95. The van der Waals surface area contributed by atoms with Gasteiger partial charge in [0.2, 0.25) is 11.8 Å². The van der Waals surface area contributed by atoms with Crippen LogP contribution in [0.1, 0.15) is 49.3 Å². The second kappa shape index (κ2) is 14.6. The van der Waals surface area contributed by atoms with Gasteiger partial charge in [-0.2, -0.15) is 0 Å². The second-order valence-corrected chi connectivity index (χ2v) is 9.93. The monoisotopic (exact) mass is 528 g/mol. The van der Waals surface area contributed by atoms with E-state index < -0.39 is 29.7 Å². The Morgan fingerprint density at radius 1 is 0.718 bits per heavy atom. The third-order valence-electron chi connectivity index (χ3n) is 6.45. The van der Waals surface area contributed by atoms with Crippen molar-refractivity contribution in [2.75, 3.05) is 7.11 Å². The van der Waals surface area contributed by atoms with Crippen molar-refractivity contribution < 1.29 is 23.9 Å². The first kappa shape index (κ1) is 29.3. The molecule has 0 aliphatic rings. The Labute approximate surface area is 230 Å². The van der Waals surface area contributed by atoms with Gasteiger partial charge in [-0.05, 0) is 29.0 Å². The zero-order valence-corrected chi connectivity index (χ0v) is 22.6. The molecule has 3 aromatic carbocycles. The summed E-state index contributed by atoms with van der Waals surface area (Å²) in [5.41, 5.74) is 2.77. The molecule has 2 atom stereocenters. The fourth-order valence-electron chi connectivity index (χ4n) is 4.51. The smallest absolute Gasteiger partial charge is 0.376 e. The number of carbonyl (C=O) groups excluding carboxylic acids is 4. The maximum atomic E-state index is 13.4. The minimum Gasteiger partial charge on any atom is -0.463 e. The summed E-state index contributed by atoms with van der Waals surface area (Å²) in [7, 11) is 1.12. The summed E-state index contributed by atoms with van der Waals surface area (Å²) >= 11 is 0. The molecular weight excluding hydrogens is 492 g/mol. The molecule has 0 unspecified atom stereocenters. The highest BCUT2D eigenvalue weighted by atomic mass is 16.5. The summed E-state index contributed by atoms with van der Waals surface area (Å²) in [5.74, 6) is -2.80. The molecule has 0 saturated carbocycles. The Balaban J connectivity index is 1.78. The van der Waals surface area contributed by atoms with Gasteiger partial charge in [0.05, 0.1) is 7.11 Å². The Hall–Kier alpha value is -4.26. The van der Waals surface area contributed by atoms with Crippen molar-refractivity contribution in [1.82, 2.24) is 10.6 Å². The topological polar surface area (TPSA) is 102 Å². The lowest BCUT2D eigenvalue weighted by atomic mass is 9.88. The van der Waals surface area contributed by atoms with Gasteiger partial charge in [-0.15, -0.1) is 0 Å². The van der Waals surface area contributed by atoms with Crippen molar-refractivity contribution in [3.63, 3.8) is 0 Å². The van der Waals surface area contributed by atoms with Crippen molar-refractivity contribution in [2.24, 2.45) is 5.92 Å². The first-order chi connectivity index (χ1) is 18.8. The van der Waals surface area contributed by atoms with Crippen LogP contribution in [0.2, 0.25) is 0 Å². The van der Waals surface area contributed by atoms with E-state index in [0.29, 0.717) is 6.42 Å². The average molecular weight is 529 g/mol. The summed E-state index contributed by atoms with van der Waals surface area (Å²) in [6.07, 6.45) is 0.626. The van der Waals surface area contributed by atoms with Crippen molar-refractivity contribution in [3.05, 3.63) is 108 Å². The third-order valence-corrected chi connectivity index (χ3v) is 6.45. The van der Waals surface area contributed by atoms with Gasteiger partial charge in [-0.25, -0.2) is 4.79 Å². The van der Waals surface area contributed by atoms with Crippen LogP contribution in [0, 0.1) is 5.92 Å². The van der Waals surface area contributed by atoms with E-state index in [1.54, 1.807) is 0 Å². The normalized spacial score (nSPS) is 12.4. The number of hydrogen-bond donors (Lipinski definition) is 2. The van der Waals surface area contributed by atoms with Gasteiger partial charge >= 0.3 is 5.97 Å². The van der Waals surface area contributed by atoms with Gasteiger partial charge in [-0.3, -0.25) is 14.4 Å². The highest BCUT2D eigenvalue weighted by molar-refractivity contribution is 6.36. The molecule has 0 heterocycles. The zero-order valence-electron chi connectivity index (χ0n) is 22.6. The second-order valence-electron chi connectivity index (χ2n) is 9.93. The van der Waals surface area contributed by atoms with Gasteiger partial charge in [0.1, 0.15) is 12.1 Å². The lowest BCUT2D eigenvalue weighted by molar-refractivity contribution is -0.153. The van der Waals surface area contributed by atoms with Crippen LogP contribution >= 0.6 is 0 Å². The van der Waals surface area contributed by atoms with Crippen LogP contribution in [0.15, 0.2) is 91.0 Å². The van der Waals surface area contributed by atoms with E-state index in [0.717, 1.165) is 23.8 Å². The lowest BCUT2D eigenvalue weighted by Crippen LogP contribution is -2.54. The lowest BCUT2D eigenvalue weighted by Gasteiger charge is -2.25. The number of methoxy groups -OCH3 is 1. The molecule has 0 spiro atoms. The van der Waals surface area contributed by atoms with Crippen LogP contribution < -0.4 is 10.6 Å². The number of Topliss-reactive ketones (excluding diaryl/α,β-unsaturated/α-hetero) is 1. The van der Waals surface area contributed by atoms with Crippen molar-refractivity contribution in [3.8, 4) is 0 Å². The molecular formula is C32H36N2O5. The molecule has 3 rings (SSSR count). The maximum Gasteiger partial charge on any atom is 0.376 e. The Morgan fingerprint density at radius 3 is 1.72 bits per heavy atom. The number of ether oxygens (including phenoxy) is 1. The molecule has 0 bridgehead atoms. The van der Waals surface area contributed by atoms with E-state index in [1.165, 1.54) is 0 Å². The summed E-state index contributed by atoms with van der Waals surface area (Å²) in [4.78, 5) is 51.6. The molecule has 2 N–H and O–H groups in total. The summed E-state index contributed by atoms with van der Waals surface area (Å²) in [6, 6.07) is 26.6. The van der Waals surface area contributed by atoms with E-state index in [-0.39, 0.29) is 30.6 Å². The minimum absolute atomic E-state index is 0.0870. The Bertz CT molecular complexity index is 1190. The van der Waals surface area contributed by atoms with Crippen LogP contribution in [0.25, 0.3) is 0 Å². The van der Waals surface area contributed by atoms with Gasteiger partial charge in [-0.1, -0.05) is 105 Å². The van der Waals surface area contributed by atoms with Crippen LogP contribution in [-0.2, 0) is 30.3 Å². The number of rotatable bonds is 13. The Morgan fingerprint density at radius 2 is 1.23 bits per heavy atom. The molecule has 2 amide bonds. The number of ketones is 1. The standard InChI is InChI=1S/C32H36N2O5/c1-22(2)19-28(31(37)34-27(30(36)32(38)39-3)20-23-13-7-4-8-14-23)33-29(35)21-26(24-15-9-5-10-16-24)25-17-11-6-12-18-25/h4-18,22,26-28H,19-21H2,1-3H3,(H,33,35)(H,34,37)/t27-,28-/m0/s1. The molecule has 39 heavy (non-hydrogen) atoms. The molecule has 0 radical (unpaired) electrons. The van der Waals surface area contributed by atoms with Crippen molar-refractivity contribution >= 4 is 23.6 Å². The first-order valence-corrected chi connectivity index (χ1v) is 13.1. The predicted molar refractivity (Wildman–Crippen MR) is 150 cm³/mol. The van der Waals surface area contributed by atoms with Gasteiger partial charge < -0.3 is 15.4 Å². The number of esters is 1. The summed E-state index contributed by atoms with van der Waals surface area (Å²) in [5, 5.41) is 5.60. The van der Waals surface area contributed by atoms with Gasteiger partial charge in [0.25, 0.3) is 5.78 Å². The highest BCUT2D eigenvalue weighted by Crippen LogP contribution is 2.28. The van der Waals surface area contributed by atoms with Crippen molar-refractivity contribution in [1.29, 1.82) is 0 Å². The summed E-state index contributed by atoms with van der Waals surface area (Å²) in [6.45, 7) is 3.90. The molecule has 0 aliphatic carbocycles. The zero-order chi connectivity index (χ0) is 28.2. The van der Waals surface area contributed by atoms with E-state index in [1.807, 2.05) is 105 Å². The highest BCUT2D eigenvalue weighted by Gasteiger charge is 2.31. The van der Waals surface area contributed by atoms with E-state index in [2.05, 4.69) is 15.4 Å². The van der Waals surface area contributed by atoms with Gasteiger partial charge in [0.15, 0.2) is 0 Å². The van der Waals surface area contributed by atoms with Crippen LogP contribution in [0.4, 0.5) is 0 Å². The van der Waals surface area contributed by atoms with Crippen LogP contribution in [0.5, 0.6) is 0 Å². The van der Waals surface area contributed by atoms with Crippen molar-refractivity contribution in [2.45, 2.75) is 51.1 Å². The fraction of sp³-hybridized carbons (Fsp3) is 0.312. The van der Waals surface area contributed by atoms with E-state index >= 15 is 0 Å². The quantitative estimate of drug-likeness (QED) is 0.256. The molecule has 0 saturated heterocycles. The molecule has 7 nitrogen and oxygen atoms in total. The minimum atomic E-state index is -1.12. The number of benzene rings is 3. The van der Waals surface area contributed by atoms with E-state index in [9.17, 15) is 19.2 Å². The molecule has 3 aromatic rings. The largest absolute Gasteiger partial charge is 0.463 e. The number of carbonyl (C=O) groups is 4. The summed E-state index contributed by atoms with van der Waals surface area (Å²) < 4.78 is 4.62. The maximum absolute atomic E-state index is 13.4. The number of amides is 2. The van der Waals surface area contributed by atoms with E-state index in [4.69, 9.17) is 0 Å². The molecule has 0 aliphatic heterocycles. The predicted octanol–water partition coefficient (Wildman–Crippen LogP) is 4.21. The molecule has 0 fully saturated rings. The molecule has 7 heteroatoms. The molecule has 204 valence electrons.